The first kappa shape index (κ1) is 13.8. The number of nitrogens with one attached hydrogen (secondary N) is 1. The summed E-state index contributed by atoms with van der Waals surface area (Å²) in [6.45, 7) is 5.14. The van der Waals surface area contributed by atoms with Gasteiger partial charge in [-0.2, -0.15) is 0 Å². The Kier molecular flexibility index (Phi) is 3.66. The zero-order valence-electron chi connectivity index (χ0n) is 10.6. The maximum atomic E-state index is 11.5. The Morgan fingerprint density at radius 3 is 2.18 bits per heavy atom. The minimum absolute atomic E-state index is 0.621. The van der Waals surface area contributed by atoms with Crippen LogP contribution in [0.4, 0.5) is 4.79 Å². The van der Waals surface area contributed by atoms with Crippen LogP contribution in [0.25, 0.3) is 0 Å². The van der Waals surface area contributed by atoms with Crippen LogP contribution < -0.4 is 5.32 Å². The van der Waals surface area contributed by atoms with Crippen LogP contribution in [0.15, 0.2) is 0 Å². The van der Waals surface area contributed by atoms with Crippen LogP contribution in [0.1, 0.15) is 33.6 Å². The van der Waals surface area contributed by atoms with Gasteiger partial charge in [0.1, 0.15) is 5.60 Å². The normalized spacial score (nSPS) is 19.3. The highest BCUT2D eigenvalue weighted by molar-refractivity contribution is 5.82. The Morgan fingerprint density at radius 2 is 1.88 bits per heavy atom. The number of rotatable bonds is 4. The molecule has 98 valence electrons. The summed E-state index contributed by atoms with van der Waals surface area (Å²) < 4.78 is 10.2. The van der Waals surface area contributed by atoms with Gasteiger partial charge in [0, 0.05) is 7.11 Å². The second kappa shape index (κ2) is 4.52. The molecule has 2 N–H and O–H groups in total. The Balaban J connectivity index is 2.63. The van der Waals surface area contributed by atoms with Crippen LogP contribution in [0.5, 0.6) is 0 Å². The van der Waals surface area contributed by atoms with E-state index in [2.05, 4.69) is 5.32 Å². The molecule has 0 aliphatic heterocycles. The SMILES string of the molecule is COC1([C@H](NC(=O)OC(C)(C)C)C(=O)O)CC1. The number of hydrogen-bond donors (Lipinski definition) is 2. The van der Waals surface area contributed by atoms with E-state index in [0.29, 0.717) is 12.8 Å². The van der Waals surface area contributed by atoms with E-state index in [-0.39, 0.29) is 0 Å². The molecule has 6 nitrogen and oxygen atoms in total. The first-order chi connectivity index (χ1) is 7.70. The zero-order chi connectivity index (χ0) is 13.3. The van der Waals surface area contributed by atoms with E-state index in [1.54, 1.807) is 20.8 Å². The molecule has 0 aromatic carbocycles. The number of aliphatic carboxylic acids is 1. The molecule has 0 unspecified atom stereocenters. The molecule has 17 heavy (non-hydrogen) atoms. The van der Waals surface area contributed by atoms with Gasteiger partial charge in [0.25, 0.3) is 0 Å². The van der Waals surface area contributed by atoms with E-state index in [9.17, 15) is 9.59 Å². The van der Waals surface area contributed by atoms with Crippen LogP contribution in [0.2, 0.25) is 0 Å². The molecule has 1 fully saturated rings. The van der Waals surface area contributed by atoms with Crippen molar-refractivity contribution >= 4 is 12.1 Å². The van der Waals surface area contributed by atoms with E-state index in [1.165, 1.54) is 7.11 Å². The molecule has 1 atom stereocenters. The van der Waals surface area contributed by atoms with Crippen LogP contribution in [-0.2, 0) is 14.3 Å². The van der Waals surface area contributed by atoms with Gasteiger partial charge in [-0.3, -0.25) is 0 Å². The molecule has 0 radical (unpaired) electrons. The highest BCUT2D eigenvalue weighted by Crippen LogP contribution is 2.42. The lowest BCUT2D eigenvalue weighted by molar-refractivity contribution is -0.144. The standard InChI is InChI=1S/C11H19NO5/c1-10(2,3)17-9(15)12-7(8(13)14)11(16-4)5-6-11/h7H,5-6H2,1-4H3,(H,12,15)(H,13,14)/t7-/m1/s1. The average Bonchev–Trinajstić information content (AvgIpc) is 2.91. The predicted molar refractivity (Wildman–Crippen MR) is 59.8 cm³/mol. The second-order valence-corrected chi connectivity index (χ2v) is 5.19. The molecule has 1 amide bonds. The number of carboxylic acid groups (broad SMARTS) is 1. The molecule has 1 saturated carbocycles. The fraction of sp³-hybridized carbons (Fsp3) is 0.818. The van der Waals surface area contributed by atoms with E-state index < -0.39 is 29.3 Å². The van der Waals surface area contributed by atoms with Crippen LogP contribution in [0.3, 0.4) is 0 Å². The van der Waals surface area contributed by atoms with Gasteiger partial charge in [0.2, 0.25) is 0 Å². The van der Waals surface area contributed by atoms with Gasteiger partial charge in [-0.25, -0.2) is 9.59 Å². The lowest BCUT2D eigenvalue weighted by Crippen LogP contribution is -2.52. The molecule has 1 aliphatic carbocycles. The van der Waals surface area contributed by atoms with Crippen molar-refractivity contribution in [1.82, 2.24) is 5.32 Å². The smallest absolute Gasteiger partial charge is 0.408 e. The minimum Gasteiger partial charge on any atom is -0.480 e. The lowest BCUT2D eigenvalue weighted by atomic mass is 10.1. The summed E-state index contributed by atoms with van der Waals surface area (Å²) in [5.74, 6) is -1.12. The Bertz CT molecular complexity index is 316. The van der Waals surface area contributed by atoms with Crippen molar-refractivity contribution < 1.29 is 24.2 Å². The van der Waals surface area contributed by atoms with Crippen molar-refractivity contribution in [2.75, 3.05) is 7.11 Å². The summed E-state index contributed by atoms with van der Waals surface area (Å²) in [5, 5.41) is 11.4. The van der Waals surface area contributed by atoms with Crippen LogP contribution in [-0.4, -0.2) is 41.5 Å². The van der Waals surface area contributed by atoms with Gasteiger partial charge in [-0.15, -0.1) is 0 Å². The number of amides is 1. The van der Waals surface area contributed by atoms with Crippen molar-refractivity contribution in [2.45, 2.75) is 50.9 Å². The number of carbonyl (C=O) groups is 2. The number of carboxylic acids is 1. The molecular formula is C11H19NO5. The van der Waals surface area contributed by atoms with Gasteiger partial charge >= 0.3 is 12.1 Å². The Morgan fingerprint density at radius 1 is 1.35 bits per heavy atom. The fourth-order valence-electron chi connectivity index (χ4n) is 1.58. The second-order valence-electron chi connectivity index (χ2n) is 5.19. The maximum absolute atomic E-state index is 11.5. The Labute approximate surface area is 100 Å². The van der Waals surface area contributed by atoms with E-state index >= 15 is 0 Å². The van der Waals surface area contributed by atoms with Crippen molar-refractivity contribution in [3.8, 4) is 0 Å². The zero-order valence-corrected chi connectivity index (χ0v) is 10.6. The molecule has 0 spiro atoms. The number of ether oxygens (including phenoxy) is 2. The van der Waals surface area contributed by atoms with Crippen molar-refractivity contribution in [3.63, 3.8) is 0 Å². The quantitative estimate of drug-likeness (QED) is 0.776. The molecule has 0 aromatic rings. The third kappa shape index (κ3) is 3.59. The number of alkyl carbamates (subject to hydrolysis) is 1. The summed E-state index contributed by atoms with van der Waals surface area (Å²) in [4.78, 5) is 22.6. The summed E-state index contributed by atoms with van der Waals surface area (Å²) in [7, 11) is 1.44. The summed E-state index contributed by atoms with van der Waals surface area (Å²) in [5.41, 5.74) is -1.43. The third-order valence-corrected chi connectivity index (χ3v) is 2.58. The summed E-state index contributed by atoms with van der Waals surface area (Å²) in [6, 6.07) is -1.07. The van der Waals surface area contributed by atoms with Crippen LogP contribution >= 0.6 is 0 Å². The topological polar surface area (TPSA) is 84.9 Å². The molecule has 0 heterocycles. The summed E-state index contributed by atoms with van der Waals surface area (Å²) in [6.07, 6.45) is 0.500. The first-order valence-electron chi connectivity index (χ1n) is 5.48. The Hall–Kier alpha value is -1.30. The van der Waals surface area contributed by atoms with Gasteiger partial charge in [0.05, 0.1) is 5.60 Å². The summed E-state index contributed by atoms with van der Waals surface area (Å²) >= 11 is 0. The maximum Gasteiger partial charge on any atom is 0.408 e. The van der Waals surface area contributed by atoms with Gasteiger partial charge in [-0.1, -0.05) is 0 Å². The molecule has 0 aromatic heterocycles. The highest BCUT2D eigenvalue weighted by Gasteiger charge is 2.54. The number of carbonyl (C=O) groups excluding carboxylic acids is 1. The molecule has 0 saturated heterocycles. The largest absolute Gasteiger partial charge is 0.480 e. The van der Waals surface area contributed by atoms with Crippen molar-refractivity contribution in [2.24, 2.45) is 0 Å². The van der Waals surface area contributed by atoms with Gasteiger partial charge < -0.3 is 19.9 Å². The molecule has 6 heteroatoms. The van der Waals surface area contributed by atoms with Crippen molar-refractivity contribution in [1.29, 1.82) is 0 Å². The number of hydrogen-bond acceptors (Lipinski definition) is 4. The molecule has 1 aliphatic rings. The number of methoxy groups -OCH3 is 1. The van der Waals surface area contributed by atoms with E-state index in [0.717, 1.165) is 0 Å². The molecular weight excluding hydrogens is 226 g/mol. The minimum atomic E-state index is -1.12. The lowest BCUT2D eigenvalue weighted by Gasteiger charge is -2.25. The average molecular weight is 245 g/mol. The van der Waals surface area contributed by atoms with E-state index in [1.807, 2.05) is 0 Å². The monoisotopic (exact) mass is 245 g/mol. The molecule has 1 rings (SSSR count). The van der Waals surface area contributed by atoms with Gasteiger partial charge in [0.15, 0.2) is 6.04 Å². The fourth-order valence-corrected chi connectivity index (χ4v) is 1.58. The van der Waals surface area contributed by atoms with Crippen molar-refractivity contribution in [3.05, 3.63) is 0 Å². The van der Waals surface area contributed by atoms with Crippen LogP contribution in [0, 0.1) is 0 Å². The highest BCUT2D eigenvalue weighted by atomic mass is 16.6. The third-order valence-electron chi connectivity index (χ3n) is 2.58. The first-order valence-corrected chi connectivity index (χ1v) is 5.48. The molecule has 0 bridgehead atoms. The van der Waals surface area contributed by atoms with E-state index in [4.69, 9.17) is 14.6 Å². The van der Waals surface area contributed by atoms with Gasteiger partial charge in [-0.05, 0) is 33.6 Å². The predicted octanol–water partition coefficient (Wildman–Crippen LogP) is 1.14.